The van der Waals surface area contributed by atoms with E-state index in [1.165, 1.54) is 29.6 Å². The molecular weight excluding hydrogens is 312 g/mol. The Balaban J connectivity index is 2.35. The number of aromatic nitrogens is 1. The van der Waals surface area contributed by atoms with Crippen molar-refractivity contribution < 1.29 is 29.8 Å². The second kappa shape index (κ2) is 6.22. The van der Waals surface area contributed by atoms with Crippen molar-refractivity contribution in [2.24, 2.45) is 4.99 Å². The van der Waals surface area contributed by atoms with Gasteiger partial charge in [0.25, 0.3) is 5.91 Å². The van der Waals surface area contributed by atoms with E-state index in [1.54, 1.807) is 0 Å². The van der Waals surface area contributed by atoms with Crippen molar-refractivity contribution in [3.05, 3.63) is 51.3 Å². The Morgan fingerprint density at radius 2 is 1.86 bits per heavy atom. The van der Waals surface area contributed by atoms with Crippen LogP contribution in [-0.2, 0) is 11.2 Å². The van der Waals surface area contributed by atoms with Gasteiger partial charge < -0.3 is 15.4 Å². The summed E-state index contributed by atoms with van der Waals surface area (Å²) in [7, 11) is 0. The Morgan fingerprint density at radius 3 is 2.50 bits per heavy atom. The second-order valence-corrected chi connectivity index (χ2v) is 5.03. The van der Waals surface area contributed by atoms with E-state index in [0.29, 0.717) is 4.73 Å². The minimum atomic E-state index is -1.17. The van der Waals surface area contributed by atoms with E-state index < -0.39 is 24.3 Å². The fraction of sp³-hybridized carbons (Fsp3) is 0.0769. The zero-order valence-electron chi connectivity index (χ0n) is 11.0. The molecule has 0 fully saturated rings. The molecule has 0 saturated carbocycles. The third-order valence-corrected chi connectivity index (χ3v) is 3.50. The van der Waals surface area contributed by atoms with Gasteiger partial charge in [0.05, 0.1) is 17.7 Å². The Hall–Kier alpha value is -2.94. The largest absolute Gasteiger partial charge is 0.481 e. The number of nitrogens with zero attached hydrogens (tertiary/aromatic N) is 2. The number of carboxylic acid groups (broad SMARTS) is 2. The summed E-state index contributed by atoms with van der Waals surface area (Å²) in [6.07, 6.45) is -0.411. The van der Waals surface area contributed by atoms with E-state index in [4.69, 9.17) is 10.2 Å². The van der Waals surface area contributed by atoms with Crippen molar-refractivity contribution in [3.63, 3.8) is 0 Å². The smallest absolute Gasteiger partial charge is 0.335 e. The number of rotatable bonds is 4. The number of carboxylic acids is 2. The molecule has 1 aromatic carbocycles. The maximum Gasteiger partial charge on any atom is 0.335 e. The molecule has 9 heteroatoms. The van der Waals surface area contributed by atoms with E-state index in [2.05, 4.69) is 4.99 Å². The van der Waals surface area contributed by atoms with E-state index in [0.717, 1.165) is 11.3 Å². The molecule has 0 spiro atoms. The summed E-state index contributed by atoms with van der Waals surface area (Å²) in [5, 5.41) is 28.7. The fourth-order valence-corrected chi connectivity index (χ4v) is 2.40. The van der Waals surface area contributed by atoms with Crippen LogP contribution in [-0.4, -0.2) is 38.0 Å². The molecule has 114 valence electrons. The lowest BCUT2D eigenvalue weighted by Crippen LogP contribution is -2.18. The minimum Gasteiger partial charge on any atom is -0.481 e. The van der Waals surface area contributed by atoms with Crippen LogP contribution in [0.5, 0.6) is 0 Å². The third-order valence-electron chi connectivity index (χ3n) is 2.64. The molecule has 0 saturated heterocycles. The van der Waals surface area contributed by atoms with Crippen molar-refractivity contribution in [3.8, 4) is 0 Å². The Bertz CT molecular complexity index is 820. The van der Waals surface area contributed by atoms with Crippen LogP contribution in [0.1, 0.15) is 26.4 Å². The van der Waals surface area contributed by atoms with E-state index >= 15 is 0 Å². The van der Waals surface area contributed by atoms with Crippen molar-refractivity contribution in [1.82, 2.24) is 4.73 Å². The lowest BCUT2D eigenvalue weighted by atomic mass is 10.1. The molecule has 0 radical (unpaired) electrons. The predicted octanol–water partition coefficient (Wildman–Crippen LogP) is 0.853. The average molecular weight is 322 g/mol. The van der Waals surface area contributed by atoms with Crippen LogP contribution >= 0.6 is 11.3 Å². The van der Waals surface area contributed by atoms with Crippen LogP contribution in [0.4, 0.5) is 0 Å². The highest BCUT2D eigenvalue weighted by atomic mass is 32.1. The van der Waals surface area contributed by atoms with E-state index in [9.17, 15) is 19.6 Å². The summed E-state index contributed by atoms with van der Waals surface area (Å²) in [6.45, 7) is 0. The first-order valence-electron chi connectivity index (χ1n) is 5.91. The summed E-state index contributed by atoms with van der Waals surface area (Å²) in [5.74, 6) is -3.05. The van der Waals surface area contributed by atoms with Crippen LogP contribution < -0.4 is 4.80 Å². The standard InChI is InChI=1S/C13H10N2O6S/c16-10(17)5-9-6-22-13(15(9)21)14-11(18)7-2-1-3-8(4-7)12(19)20/h1-4,6,21H,5H2,(H,16,17)(H,19,20). The van der Waals surface area contributed by atoms with Gasteiger partial charge in [0.2, 0.25) is 4.80 Å². The number of hydrogen-bond donors (Lipinski definition) is 3. The SMILES string of the molecule is O=C(O)Cc1csc(=NC(=O)c2cccc(C(=O)O)c2)n1O. The first-order chi connectivity index (χ1) is 10.4. The van der Waals surface area contributed by atoms with Crippen molar-refractivity contribution in [2.45, 2.75) is 6.42 Å². The van der Waals surface area contributed by atoms with Gasteiger partial charge in [-0.2, -0.15) is 9.72 Å². The van der Waals surface area contributed by atoms with Crippen molar-refractivity contribution >= 4 is 29.2 Å². The Morgan fingerprint density at radius 1 is 1.18 bits per heavy atom. The first kappa shape index (κ1) is 15.4. The van der Waals surface area contributed by atoms with Crippen molar-refractivity contribution in [2.75, 3.05) is 0 Å². The highest BCUT2D eigenvalue weighted by molar-refractivity contribution is 7.07. The first-order valence-corrected chi connectivity index (χ1v) is 6.79. The summed E-state index contributed by atoms with van der Waals surface area (Å²) in [6, 6.07) is 5.30. The molecule has 0 aliphatic heterocycles. The monoisotopic (exact) mass is 322 g/mol. The molecule has 0 unspecified atom stereocenters. The third kappa shape index (κ3) is 3.38. The topological polar surface area (TPSA) is 129 Å². The maximum atomic E-state index is 12.0. The number of carbonyl (C=O) groups is 3. The van der Waals surface area contributed by atoms with Gasteiger partial charge in [-0.25, -0.2) is 4.79 Å². The number of hydrogen-bond acceptors (Lipinski definition) is 5. The van der Waals surface area contributed by atoms with Crippen LogP contribution in [0, 0.1) is 0 Å². The zero-order valence-corrected chi connectivity index (χ0v) is 11.8. The molecule has 0 bridgehead atoms. The molecule has 1 heterocycles. The van der Waals surface area contributed by atoms with E-state index in [-0.39, 0.29) is 21.6 Å². The summed E-state index contributed by atoms with van der Waals surface area (Å²) < 4.78 is 0.526. The van der Waals surface area contributed by atoms with Gasteiger partial charge in [-0.15, -0.1) is 11.3 Å². The predicted molar refractivity (Wildman–Crippen MR) is 74.1 cm³/mol. The van der Waals surface area contributed by atoms with Gasteiger partial charge in [-0.1, -0.05) is 6.07 Å². The maximum absolute atomic E-state index is 12.0. The number of amides is 1. The molecule has 2 rings (SSSR count). The summed E-state index contributed by atoms with van der Waals surface area (Å²) in [5.41, 5.74) is 0.0760. The molecule has 8 nitrogen and oxygen atoms in total. The van der Waals surface area contributed by atoms with Crippen LogP contribution in [0.15, 0.2) is 34.6 Å². The lowest BCUT2D eigenvalue weighted by molar-refractivity contribution is -0.136. The van der Waals surface area contributed by atoms with Gasteiger partial charge in [0, 0.05) is 10.9 Å². The van der Waals surface area contributed by atoms with Crippen LogP contribution in [0.25, 0.3) is 0 Å². The summed E-state index contributed by atoms with van der Waals surface area (Å²) in [4.78, 5) is 37.0. The van der Waals surface area contributed by atoms with Crippen LogP contribution in [0.3, 0.4) is 0 Å². The quantitative estimate of drug-likeness (QED) is 0.716. The minimum absolute atomic E-state index is 0.0492. The number of thiazole rings is 1. The molecule has 3 N–H and O–H groups in total. The van der Waals surface area contributed by atoms with E-state index in [1.807, 2.05) is 0 Å². The number of aromatic carboxylic acids is 1. The molecule has 1 amide bonds. The highest BCUT2D eigenvalue weighted by Crippen LogP contribution is 2.07. The molecular formula is C13H10N2O6S. The molecule has 22 heavy (non-hydrogen) atoms. The molecule has 1 aromatic heterocycles. The zero-order chi connectivity index (χ0) is 16.3. The molecule has 2 aromatic rings. The number of aliphatic carboxylic acids is 1. The normalized spacial score (nSPS) is 11.4. The molecule has 0 aliphatic rings. The van der Waals surface area contributed by atoms with Gasteiger partial charge >= 0.3 is 11.9 Å². The van der Waals surface area contributed by atoms with Gasteiger partial charge in [0.15, 0.2) is 0 Å². The molecule has 0 aliphatic carbocycles. The lowest BCUT2D eigenvalue weighted by Gasteiger charge is -1.98. The van der Waals surface area contributed by atoms with Gasteiger partial charge in [-0.3, -0.25) is 9.59 Å². The van der Waals surface area contributed by atoms with Crippen LogP contribution in [0.2, 0.25) is 0 Å². The second-order valence-electron chi connectivity index (χ2n) is 4.19. The number of carbonyl (C=O) groups excluding carboxylic acids is 1. The fourth-order valence-electron chi connectivity index (χ4n) is 1.63. The summed E-state index contributed by atoms with van der Waals surface area (Å²) >= 11 is 0.897. The van der Waals surface area contributed by atoms with Crippen molar-refractivity contribution in [1.29, 1.82) is 0 Å². The molecule has 0 atom stereocenters. The Labute approximate surface area is 127 Å². The number of benzene rings is 1. The average Bonchev–Trinajstić information content (AvgIpc) is 2.79. The highest BCUT2D eigenvalue weighted by Gasteiger charge is 2.12. The van der Waals surface area contributed by atoms with Gasteiger partial charge in [0.1, 0.15) is 0 Å². The van der Waals surface area contributed by atoms with Gasteiger partial charge in [-0.05, 0) is 18.2 Å². The Kier molecular flexibility index (Phi) is 4.37.